The van der Waals surface area contributed by atoms with Crippen molar-refractivity contribution in [3.8, 4) is 0 Å². The number of hydrogen-bond acceptors (Lipinski definition) is 2. The van der Waals surface area contributed by atoms with Gasteiger partial charge in [0.1, 0.15) is 4.47 Å². The molecule has 0 bridgehead atoms. The van der Waals surface area contributed by atoms with Gasteiger partial charge in [0, 0.05) is 6.54 Å². The Morgan fingerprint density at radius 3 is 2.87 bits per heavy atom. The van der Waals surface area contributed by atoms with Crippen molar-refractivity contribution in [2.24, 2.45) is 0 Å². The monoisotopic (exact) mass is 292 g/mol. The second-order valence-electron chi connectivity index (χ2n) is 3.41. The van der Waals surface area contributed by atoms with E-state index in [9.17, 15) is 4.79 Å². The normalized spacial score (nSPS) is 10.6. The van der Waals surface area contributed by atoms with Crippen LogP contribution in [0.4, 0.5) is 0 Å². The molecule has 0 aliphatic rings. The average molecular weight is 294 g/mol. The fraction of sp³-hybridized carbons (Fsp3) is 0.600. The molecule has 0 saturated carbocycles. The molecule has 0 amide bonds. The Kier molecular flexibility index (Phi) is 5.32. The van der Waals surface area contributed by atoms with Gasteiger partial charge in [-0.1, -0.05) is 37.8 Å². The summed E-state index contributed by atoms with van der Waals surface area (Å²) in [6.07, 6.45) is 6.04. The van der Waals surface area contributed by atoms with Crippen LogP contribution in [0.15, 0.2) is 15.6 Å². The zero-order valence-corrected chi connectivity index (χ0v) is 11.0. The first-order chi connectivity index (χ1) is 7.16. The van der Waals surface area contributed by atoms with Crippen LogP contribution in [-0.2, 0) is 6.54 Å². The summed E-state index contributed by atoms with van der Waals surface area (Å²) in [4.78, 5) is 15.6. The van der Waals surface area contributed by atoms with Crippen molar-refractivity contribution in [3.05, 3.63) is 26.3 Å². The molecule has 1 rings (SSSR count). The lowest BCUT2D eigenvalue weighted by atomic mass is 10.2. The van der Waals surface area contributed by atoms with Gasteiger partial charge in [-0.15, -0.1) is 0 Å². The second kappa shape index (κ2) is 6.28. The van der Waals surface area contributed by atoms with E-state index in [-0.39, 0.29) is 10.7 Å². The molecule has 0 aliphatic carbocycles. The molecule has 84 valence electrons. The maximum Gasteiger partial charge on any atom is 0.269 e. The Morgan fingerprint density at radius 2 is 2.20 bits per heavy atom. The lowest BCUT2D eigenvalue weighted by Gasteiger charge is -2.05. The fourth-order valence-corrected chi connectivity index (χ4v) is 1.77. The van der Waals surface area contributed by atoms with Crippen LogP contribution in [0.25, 0.3) is 0 Å². The summed E-state index contributed by atoms with van der Waals surface area (Å²) in [6.45, 7) is 2.87. The van der Waals surface area contributed by atoms with Gasteiger partial charge in [-0.25, -0.2) is 4.98 Å². The van der Waals surface area contributed by atoms with Crippen LogP contribution >= 0.6 is 27.5 Å². The van der Waals surface area contributed by atoms with E-state index in [4.69, 9.17) is 11.6 Å². The number of rotatable bonds is 5. The topological polar surface area (TPSA) is 34.9 Å². The summed E-state index contributed by atoms with van der Waals surface area (Å²) >= 11 is 8.82. The molecule has 0 spiro atoms. The van der Waals surface area contributed by atoms with Crippen LogP contribution in [0.2, 0.25) is 5.15 Å². The highest BCUT2D eigenvalue weighted by molar-refractivity contribution is 9.10. The fourth-order valence-electron chi connectivity index (χ4n) is 1.31. The minimum atomic E-state index is -0.105. The maximum atomic E-state index is 11.6. The van der Waals surface area contributed by atoms with Gasteiger partial charge in [-0.05, 0) is 22.4 Å². The van der Waals surface area contributed by atoms with Crippen molar-refractivity contribution in [2.45, 2.75) is 39.2 Å². The standard InChI is InChI=1S/C10H14BrClN2O/c1-2-3-4-5-6-14-7-13-9(12)8(11)10(14)15/h7H,2-6H2,1H3. The zero-order valence-electron chi connectivity index (χ0n) is 8.67. The third-order valence-electron chi connectivity index (χ3n) is 2.19. The van der Waals surface area contributed by atoms with Gasteiger partial charge < -0.3 is 0 Å². The summed E-state index contributed by atoms with van der Waals surface area (Å²) < 4.78 is 1.94. The minimum Gasteiger partial charge on any atom is -0.298 e. The van der Waals surface area contributed by atoms with E-state index < -0.39 is 0 Å². The van der Waals surface area contributed by atoms with E-state index in [0.29, 0.717) is 11.0 Å². The third-order valence-corrected chi connectivity index (χ3v) is 3.42. The van der Waals surface area contributed by atoms with E-state index in [0.717, 1.165) is 12.8 Å². The number of halogens is 2. The molecule has 3 nitrogen and oxygen atoms in total. The van der Waals surface area contributed by atoms with E-state index in [1.165, 1.54) is 19.2 Å². The number of aryl methyl sites for hydroxylation is 1. The molecule has 0 aliphatic heterocycles. The largest absolute Gasteiger partial charge is 0.298 e. The van der Waals surface area contributed by atoms with Crippen molar-refractivity contribution in [1.82, 2.24) is 9.55 Å². The molecular formula is C10H14BrClN2O. The smallest absolute Gasteiger partial charge is 0.269 e. The Morgan fingerprint density at radius 1 is 1.47 bits per heavy atom. The average Bonchev–Trinajstić information content (AvgIpc) is 2.24. The van der Waals surface area contributed by atoms with E-state index in [1.807, 2.05) is 0 Å². The molecule has 0 fully saturated rings. The van der Waals surface area contributed by atoms with Gasteiger partial charge in [0.05, 0.1) is 6.33 Å². The van der Waals surface area contributed by atoms with Gasteiger partial charge in [-0.2, -0.15) is 0 Å². The first-order valence-electron chi connectivity index (χ1n) is 5.07. The van der Waals surface area contributed by atoms with Crippen LogP contribution in [-0.4, -0.2) is 9.55 Å². The van der Waals surface area contributed by atoms with Crippen LogP contribution in [0.3, 0.4) is 0 Å². The van der Waals surface area contributed by atoms with Crippen LogP contribution in [0, 0.1) is 0 Å². The molecule has 0 unspecified atom stereocenters. The molecule has 1 aromatic rings. The molecule has 5 heteroatoms. The summed E-state index contributed by atoms with van der Waals surface area (Å²) in [5.41, 5.74) is -0.105. The molecule has 0 atom stereocenters. The Bertz CT molecular complexity index is 378. The van der Waals surface area contributed by atoms with Crippen molar-refractivity contribution in [3.63, 3.8) is 0 Å². The van der Waals surface area contributed by atoms with Crippen LogP contribution in [0.5, 0.6) is 0 Å². The summed E-state index contributed by atoms with van der Waals surface area (Å²) in [5, 5.41) is 0.227. The van der Waals surface area contributed by atoms with Crippen LogP contribution in [0.1, 0.15) is 32.6 Å². The van der Waals surface area contributed by atoms with Crippen LogP contribution < -0.4 is 5.56 Å². The molecule has 15 heavy (non-hydrogen) atoms. The second-order valence-corrected chi connectivity index (χ2v) is 4.56. The minimum absolute atomic E-state index is 0.105. The Labute approximate surface area is 103 Å². The lowest BCUT2D eigenvalue weighted by Crippen LogP contribution is -2.21. The number of unbranched alkanes of at least 4 members (excludes halogenated alkanes) is 3. The number of nitrogens with zero attached hydrogens (tertiary/aromatic N) is 2. The lowest BCUT2D eigenvalue weighted by molar-refractivity contribution is 0.562. The third kappa shape index (κ3) is 3.61. The highest BCUT2D eigenvalue weighted by Gasteiger charge is 2.05. The van der Waals surface area contributed by atoms with Gasteiger partial charge >= 0.3 is 0 Å². The molecule has 0 N–H and O–H groups in total. The quantitative estimate of drug-likeness (QED) is 0.617. The first-order valence-corrected chi connectivity index (χ1v) is 6.24. The molecule has 1 heterocycles. The van der Waals surface area contributed by atoms with Gasteiger partial charge in [-0.3, -0.25) is 9.36 Å². The van der Waals surface area contributed by atoms with E-state index in [1.54, 1.807) is 4.57 Å². The molecule has 0 saturated heterocycles. The molecule has 0 radical (unpaired) electrons. The number of aromatic nitrogens is 2. The summed E-state index contributed by atoms with van der Waals surface area (Å²) in [5.74, 6) is 0. The van der Waals surface area contributed by atoms with Crippen molar-refractivity contribution in [1.29, 1.82) is 0 Å². The molecular weight excluding hydrogens is 279 g/mol. The predicted octanol–water partition coefficient (Wildman–Crippen LogP) is 3.24. The Hall–Kier alpha value is -0.350. The van der Waals surface area contributed by atoms with Crippen molar-refractivity contribution in [2.75, 3.05) is 0 Å². The van der Waals surface area contributed by atoms with Gasteiger partial charge in [0.2, 0.25) is 0 Å². The van der Waals surface area contributed by atoms with Crippen molar-refractivity contribution < 1.29 is 0 Å². The molecule has 1 aromatic heterocycles. The maximum absolute atomic E-state index is 11.6. The summed E-state index contributed by atoms with van der Waals surface area (Å²) in [7, 11) is 0. The van der Waals surface area contributed by atoms with E-state index in [2.05, 4.69) is 27.8 Å². The van der Waals surface area contributed by atoms with Gasteiger partial charge in [0.15, 0.2) is 5.15 Å². The predicted molar refractivity (Wildman–Crippen MR) is 65.3 cm³/mol. The Balaban J connectivity index is 2.63. The highest BCUT2D eigenvalue weighted by Crippen LogP contribution is 2.13. The number of hydrogen-bond donors (Lipinski definition) is 0. The van der Waals surface area contributed by atoms with Crippen molar-refractivity contribution >= 4 is 27.5 Å². The van der Waals surface area contributed by atoms with E-state index >= 15 is 0 Å². The molecule has 0 aromatic carbocycles. The summed E-state index contributed by atoms with van der Waals surface area (Å²) in [6, 6.07) is 0. The first kappa shape index (κ1) is 12.7. The SMILES string of the molecule is CCCCCCn1cnc(Cl)c(Br)c1=O. The zero-order chi connectivity index (χ0) is 11.3. The highest BCUT2D eigenvalue weighted by atomic mass is 79.9. The van der Waals surface area contributed by atoms with Gasteiger partial charge in [0.25, 0.3) is 5.56 Å².